The molecule has 2 rings (SSSR count). The Labute approximate surface area is 160 Å². The van der Waals surface area contributed by atoms with E-state index in [1.807, 2.05) is 6.92 Å². The van der Waals surface area contributed by atoms with Crippen LogP contribution in [0.4, 0.5) is 0 Å². The fraction of sp³-hybridized carbons (Fsp3) is 0.235. The molecule has 0 radical (unpaired) electrons. The van der Waals surface area contributed by atoms with E-state index in [-0.39, 0.29) is 4.90 Å². The summed E-state index contributed by atoms with van der Waals surface area (Å²) in [7, 11) is -3.91. The number of benzene rings is 1. The highest BCUT2D eigenvalue weighted by molar-refractivity contribution is 7.89. The van der Waals surface area contributed by atoms with Crippen LogP contribution in [0.25, 0.3) is 0 Å². The van der Waals surface area contributed by atoms with Gasteiger partial charge < -0.3 is 4.74 Å². The molecule has 0 saturated carbocycles. The van der Waals surface area contributed by atoms with Crippen LogP contribution in [0, 0.1) is 6.92 Å². The largest absolute Gasteiger partial charge is 0.454 e. The average Bonchev–Trinajstić information content (AvgIpc) is 3.14. The summed E-state index contributed by atoms with van der Waals surface area (Å²) in [5.41, 5.74) is 0.893. The van der Waals surface area contributed by atoms with Crippen molar-refractivity contribution in [2.45, 2.75) is 24.8 Å². The van der Waals surface area contributed by atoms with Gasteiger partial charge in [-0.05, 0) is 37.4 Å². The van der Waals surface area contributed by atoms with Crippen LogP contribution in [0.1, 0.15) is 22.2 Å². The third-order valence-corrected chi connectivity index (χ3v) is 5.79. The molecule has 2 N–H and O–H groups in total. The van der Waals surface area contributed by atoms with Crippen molar-refractivity contribution < 1.29 is 27.5 Å². The number of carbonyl (C=O) groups excluding carboxylic acids is 3. The van der Waals surface area contributed by atoms with Crippen LogP contribution in [0.2, 0.25) is 0 Å². The lowest BCUT2D eigenvalue weighted by molar-refractivity contribution is -0.149. The molecule has 1 aromatic heterocycles. The minimum atomic E-state index is -3.91. The third kappa shape index (κ3) is 5.98. The average molecular weight is 410 g/mol. The Hall–Kier alpha value is -2.56. The van der Waals surface area contributed by atoms with Crippen molar-refractivity contribution in [1.82, 2.24) is 10.0 Å². The van der Waals surface area contributed by atoms with E-state index >= 15 is 0 Å². The molecule has 27 heavy (non-hydrogen) atoms. The number of esters is 1. The maximum Gasteiger partial charge on any atom is 0.324 e. The number of aryl methyl sites for hydroxylation is 1. The van der Waals surface area contributed by atoms with E-state index < -0.39 is 40.5 Å². The van der Waals surface area contributed by atoms with Crippen molar-refractivity contribution in [3.63, 3.8) is 0 Å². The van der Waals surface area contributed by atoms with Crippen LogP contribution in [0.3, 0.4) is 0 Å². The smallest absolute Gasteiger partial charge is 0.324 e. The first-order valence-corrected chi connectivity index (χ1v) is 10.2. The summed E-state index contributed by atoms with van der Waals surface area (Å²) >= 11 is 1.16. The molecule has 0 bridgehead atoms. The molecule has 2 aromatic rings. The lowest BCUT2D eigenvalue weighted by atomic mass is 10.2. The Balaban J connectivity index is 1.85. The van der Waals surface area contributed by atoms with E-state index in [2.05, 4.69) is 10.0 Å². The lowest BCUT2D eigenvalue weighted by Crippen LogP contribution is -2.41. The second-order valence-corrected chi connectivity index (χ2v) is 8.28. The number of sulfonamides is 1. The molecule has 2 amide bonds. The van der Waals surface area contributed by atoms with Gasteiger partial charge >= 0.3 is 5.97 Å². The molecule has 0 spiro atoms. The zero-order valence-corrected chi connectivity index (χ0v) is 16.2. The van der Waals surface area contributed by atoms with Gasteiger partial charge in [-0.2, -0.15) is 4.72 Å². The van der Waals surface area contributed by atoms with Gasteiger partial charge in [-0.1, -0.05) is 23.8 Å². The first kappa shape index (κ1) is 20.7. The summed E-state index contributed by atoms with van der Waals surface area (Å²) in [6.07, 6.45) is 0. The predicted molar refractivity (Wildman–Crippen MR) is 98.7 cm³/mol. The highest BCUT2D eigenvalue weighted by atomic mass is 32.2. The molecule has 144 valence electrons. The monoisotopic (exact) mass is 410 g/mol. The molecule has 0 aliphatic heterocycles. The van der Waals surface area contributed by atoms with Crippen molar-refractivity contribution in [2.24, 2.45) is 0 Å². The third-order valence-electron chi connectivity index (χ3n) is 3.36. The number of amides is 2. The van der Waals surface area contributed by atoms with E-state index in [1.54, 1.807) is 29.6 Å². The summed E-state index contributed by atoms with van der Waals surface area (Å²) in [6.45, 7) is 2.41. The zero-order chi connectivity index (χ0) is 20.0. The highest BCUT2D eigenvalue weighted by Crippen LogP contribution is 2.11. The summed E-state index contributed by atoms with van der Waals surface area (Å²) in [5.74, 6) is -2.35. The van der Waals surface area contributed by atoms with Crippen molar-refractivity contribution in [1.29, 1.82) is 0 Å². The second kappa shape index (κ2) is 8.89. The second-order valence-electron chi connectivity index (χ2n) is 5.62. The maximum atomic E-state index is 12.2. The van der Waals surface area contributed by atoms with Crippen molar-refractivity contribution in [2.75, 3.05) is 6.61 Å². The van der Waals surface area contributed by atoms with Crippen LogP contribution in [0.5, 0.6) is 0 Å². The molecular formula is C17H18N2O6S2. The fourth-order valence-corrected chi connectivity index (χ4v) is 3.77. The van der Waals surface area contributed by atoms with Crippen molar-refractivity contribution >= 4 is 39.1 Å². The molecule has 0 aliphatic rings. The zero-order valence-electron chi connectivity index (χ0n) is 14.6. The quantitative estimate of drug-likeness (QED) is 0.663. The molecule has 8 nitrogen and oxygen atoms in total. The van der Waals surface area contributed by atoms with E-state index in [0.29, 0.717) is 4.88 Å². The van der Waals surface area contributed by atoms with E-state index in [9.17, 15) is 22.8 Å². The molecule has 1 aromatic carbocycles. The van der Waals surface area contributed by atoms with Crippen LogP contribution in [0.15, 0.2) is 46.7 Å². The first-order chi connectivity index (χ1) is 12.7. The van der Waals surface area contributed by atoms with Gasteiger partial charge in [0, 0.05) is 0 Å². The number of imide groups is 1. The van der Waals surface area contributed by atoms with Gasteiger partial charge in [0.15, 0.2) is 6.61 Å². The van der Waals surface area contributed by atoms with Crippen molar-refractivity contribution in [3.8, 4) is 0 Å². The Morgan fingerprint density at radius 2 is 1.81 bits per heavy atom. The van der Waals surface area contributed by atoms with Gasteiger partial charge in [0.2, 0.25) is 10.0 Å². The standard InChI is InChI=1S/C17H18N2O6S2/c1-11-5-7-13(8-6-11)27(23,24)19-12(2)17(22)25-10-15(20)18-16(21)14-4-3-9-26-14/h3-9,12,19H,10H2,1-2H3,(H,18,20,21)/t12-/m0/s1. The van der Waals surface area contributed by atoms with Gasteiger partial charge in [-0.15, -0.1) is 11.3 Å². The lowest BCUT2D eigenvalue weighted by Gasteiger charge is -2.13. The summed E-state index contributed by atoms with van der Waals surface area (Å²) in [6, 6.07) is 8.09. The molecule has 1 heterocycles. The fourth-order valence-electron chi connectivity index (χ4n) is 1.96. The Morgan fingerprint density at radius 1 is 1.15 bits per heavy atom. The SMILES string of the molecule is Cc1ccc(S(=O)(=O)N[C@@H](C)C(=O)OCC(=O)NC(=O)c2cccs2)cc1. The van der Waals surface area contributed by atoms with E-state index in [1.165, 1.54) is 19.1 Å². The Kier molecular flexibility index (Phi) is 6.83. The van der Waals surface area contributed by atoms with Crippen LogP contribution < -0.4 is 10.0 Å². The normalized spacial score (nSPS) is 12.2. The summed E-state index contributed by atoms with van der Waals surface area (Å²) in [4.78, 5) is 35.6. The number of carbonyl (C=O) groups is 3. The summed E-state index contributed by atoms with van der Waals surface area (Å²) in [5, 5.41) is 3.75. The molecule has 0 unspecified atom stereocenters. The Bertz CT molecular complexity index is 921. The van der Waals surface area contributed by atoms with Crippen LogP contribution >= 0.6 is 11.3 Å². The van der Waals surface area contributed by atoms with E-state index in [4.69, 9.17) is 4.74 Å². The molecule has 0 saturated heterocycles. The number of rotatable bonds is 7. The van der Waals surface area contributed by atoms with Gasteiger partial charge in [0.25, 0.3) is 11.8 Å². The van der Waals surface area contributed by atoms with Crippen LogP contribution in [-0.4, -0.2) is 38.9 Å². The number of ether oxygens (including phenoxy) is 1. The Morgan fingerprint density at radius 3 is 2.41 bits per heavy atom. The molecule has 10 heteroatoms. The minimum absolute atomic E-state index is 0.00652. The topological polar surface area (TPSA) is 119 Å². The molecule has 1 atom stereocenters. The van der Waals surface area contributed by atoms with Crippen molar-refractivity contribution in [3.05, 3.63) is 52.2 Å². The first-order valence-electron chi connectivity index (χ1n) is 7.82. The number of thiophene rings is 1. The molecule has 0 fully saturated rings. The molecular weight excluding hydrogens is 392 g/mol. The van der Waals surface area contributed by atoms with Crippen LogP contribution in [-0.2, 0) is 24.3 Å². The number of hydrogen-bond acceptors (Lipinski definition) is 7. The highest BCUT2D eigenvalue weighted by Gasteiger charge is 2.24. The van der Waals surface area contributed by atoms with Gasteiger partial charge in [-0.25, -0.2) is 8.42 Å². The van der Waals surface area contributed by atoms with Gasteiger partial charge in [0.1, 0.15) is 6.04 Å². The maximum absolute atomic E-state index is 12.2. The van der Waals surface area contributed by atoms with Gasteiger partial charge in [0.05, 0.1) is 9.77 Å². The minimum Gasteiger partial charge on any atom is -0.454 e. The number of nitrogens with one attached hydrogen (secondary N) is 2. The number of hydrogen-bond donors (Lipinski definition) is 2. The predicted octanol–water partition coefficient (Wildman–Crippen LogP) is 1.22. The van der Waals surface area contributed by atoms with E-state index in [0.717, 1.165) is 16.9 Å². The summed E-state index contributed by atoms with van der Waals surface area (Å²) < 4.78 is 31.4. The molecule has 0 aliphatic carbocycles. The van der Waals surface area contributed by atoms with Gasteiger partial charge in [-0.3, -0.25) is 19.7 Å².